The number of anilines is 1. The first-order valence-electron chi connectivity index (χ1n) is 7.41. The molecule has 2 heterocycles. The molecule has 3 N–H and O–H groups in total. The standard InChI is InChI=1S/C16H17N3O5S/c1-23-9-4-7(5-10(24-2)13(9)21)8-6-11(20)17-14-12(8)15(22)19-16(18-14)25-3/h4-5,8,21H,6H2,1-3H3,(H2,17,18,19,20,22)/t8-/m0/s1. The number of methoxy groups -OCH3 is 2. The van der Waals surface area contributed by atoms with E-state index < -0.39 is 5.92 Å². The number of aromatic hydroxyl groups is 1. The van der Waals surface area contributed by atoms with Gasteiger partial charge in [0.15, 0.2) is 16.7 Å². The number of amides is 1. The van der Waals surface area contributed by atoms with Crippen molar-refractivity contribution in [2.45, 2.75) is 17.5 Å². The highest BCUT2D eigenvalue weighted by atomic mass is 32.2. The molecule has 3 rings (SSSR count). The van der Waals surface area contributed by atoms with E-state index >= 15 is 0 Å². The van der Waals surface area contributed by atoms with E-state index in [2.05, 4.69) is 15.3 Å². The lowest BCUT2D eigenvalue weighted by molar-refractivity contribution is -0.116. The lowest BCUT2D eigenvalue weighted by atomic mass is 9.86. The van der Waals surface area contributed by atoms with E-state index in [9.17, 15) is 14.7 Å². The van der Waals surface area contributed by atoms with E-state index in [4.69, 9.17) is 9.47 Å². The first-order valence-corrected chi connectivity index (χ1v) is 8.63. The molecule has 1 atom stereocenters. The molecule has 8 nitrogen and oxygen atoms in total. The number of ether oxygens (including phenoxy) is 2. The number of hydrogen-bond donors (Lipinski definition) is 3. The highest BCUT2D eigenvalue weighted by Crippen LogP contribution is 2.42. The molecule has 9 heteroatoms. The van der Waals surface area contributed by atoms with Crippen molar-refractivity contribution in [2.24, 2.45) is 0 Å². The lowest BCUT2D eigenvalue weighted by Gasteiger charge is -2.25. The maximum Gasteiger partial charge on any atom is 0.257 e. The van der Waals surface area contributed by atoms with Crippen molar-refractivity contribution >= 4 is 23.5 Å². The van der Waals surface area contributed by atoms with Crippen molar-refractivity contribution in [3.63, 3.8) is 0 Å². The van der Waals surface area contributed by atoms with Crippen LogP contribution in [0.25, 0.3) is 0 Å². The average Bonchev–Trinajstić information content (AvgIpc) is 2.60. The Morgan fingerprint density at radius 1 is 1.24 bits per heavy atom. The number of phenolic OH excluding ortho intramolecular Hbond substituents is 1. The summed E-state index contributed by atoms with van der Waals surface area (Å²) >= 11 is 1.28. The predicted molar refractivity (Wildman–Crippen MR) is 92.9 cm³/mol. The lowest BCUT2D eigenvalue weighted by Crippen LogP contribution is -2.31. The number of nitrogens with zero attached hydrogens (tertiary/aromatic N) is 1. The number of aromatic amines is 1. The van der Waals surface area contributed by atoms with Crippen LogP contribution in [0.5, 0.6) is 17.2 Å². The molecule has 132 valence electrons. The van der Waals surface area contributed by atoms with Crippen LogP contribution < -0.4 is 20.3 Å². The van der Waals surface area contributed by atoms with Gasteiger partial charge in [0.1, 0.15) is 5.82 Å². The molecule has 0 fully saturated rings. The van der Waals surface area contributed by atoms with Gasteiger partial charge in [-0.15, -0.1) is 0 Å². The number of carbonyl (C=O) groups excluding carboxylic acids is 1. The van der Waals surface area contributed by atoms with Crippen LogP contribution in [-0.4, -0.2) is 41.5 Å². The number of aromatic nitrogens is 2. The quantitative estimate of drug-likeness (QED) is 0.559. The van der Waals surface area contributed by atoms with E-state index in [0.29, 0.717) is 16.3 Å². The molecule has 0 bridgehead atoms. The zero-order valence-electron chi connectivity index (χ0n) is 13.9. The van der Waals surface area contributed by atoms with E-state index in [-0.39, 0.29) is 41.0 Å². The summed E-state index contributed by atoms with van der Waals surface area (Å²) in [5.74, 6) is -0.258. The molecule has 0 saturated carbocycles. The number of hydrogen-bond acceptors (Lipinski definition) is 7. The number of carbonyl (C=O) groups is 1. The minimum absolute atomic E-state index is 0.0768. The van der Waals surface area contributed by atoms with Gasteiger partial charge in [0, 0.05) is 12.3 Å². The van der Waals surface area contributed by atoms with E-state index in [0.717, 1.165) is 0 Å². The Balaban J connectivity index is 2.20. The van der Waals surface area contributed by atoms with Crippen LogP contribution in [0.15, 0.2) is 22.1 Å². The largest absolute Gasteiger partial charge is 0.502 e. The molecule has 1 aromatic heterocycles. The van der Waals surface area contributed by atoms with Crippen LogP contribution in [0.4, 0.5) is 5.82 Å². The molecule has 1 aliphatic heterocycles. The fourth-order valence-electron chi connectivity index (χ4n) is 2.85. The number of rotatable bonds is 4. The van der Waals surface area contributed by atoms with Crippen LogP contribution in [0, 0.1) is 0 Å². The Labute approximate surface area is 147 Å². The van der Waals surface area contributed by atoms with Gasteiger partial charge in [-0.2, -0.15) is 0 Å². The molecule has 1 aromatic carbocycles. The number of phenols is 1. The van der Waals surface area contributed by atoms with E-state index in [1.807, 2.05) is 0 Å². The SMILES string of the molecule is COc1cc([C@@H]2CC(=O)Nc3nc(SC)[nH]c(=O)c32)cc(OC)c1O. The molecule has 0 unspecified atom stereocenters. The normalized spacial score (nSPS) is 16.1. The summed E-state index contributed by atoms with van der Waals surface area (Å²) in [6.07, 6.45) is 1.86. The van der Waals surface area contributed by atoms with Gasteiger partial charge in [-0.05, 0) is 24.0 Å². The van der Waals surface area contributed by atoms with Gasteiger partial charge in [-0.25, -0.2) is 4.98 Å². The van der Waals surface area contributed by atoms with Crippen LogP contribution in [0.1, 0.15) is 23.5 Å². The zero-order chi connectivity index (χ0) is 18.1. The minimum Gasteiger partial charge on any atom is -0.502 e. The number of thioether (sulfide) groups is 1. The van der Waals surface area contributed by atoms with Gasteiger partial charge in [0.2, 0.25) is 11.7 Å². The van der Waals surface area contributed by atoms with E-state index in [1.54, 1.807) is 18.4 Å². The Morgan fingerprint density at radius 3 is 2.44 bits per heavy atom. The summed E-state index contributed by atoms with van der Waals surface area (Å²) in [5.41, 5.74) is 0.671. The Kier molecular flexibility index (Phi) is 4.58. The van der Waals surface area contributed by atoms with Crippen LogP contribution in [-0.2, 0) is 4.79 Å². The first kappa shape index (κ1) is 17.2. The smallest absolute Gasteiger partial charge is 0.257 e. The van der Waals surface area contributed by atoms with Crippen molar-refractivity contribution in [1.82, 2.24) is 9.97 Å². The van der Waals surface area contributed by atoms with Crippen molar-refractivity contribution in [3.8, 4) is 17.2 Å². The molecular formula is C16H17N3O5S. The average molecular weight is 363 g/mol. The number of nitrogens with one attached hydrogen (secondary N) is 2. The fraction of sp³-hybridized carbons (Fsp3) is 0.312. The monoisotopic (exact) mass is 363 g/mol. The molecule has 0 aliphatic carbocycles. The minimum atomic E-state index is -0.528. The third-order valence-electron chi connectivity index (χ3n) is 4.03. The molecule has 25 heavy (non-hydrogen) atoms. The molecule has 1 aliphatic rings. The molecule has 1 amide bonds. The summed E-state index contributed by atoms with van der Waals surface area (Å²) in [4.78, 5) is 31.6. The van der Waals surface area contributed by atoms with Crippen LogP contribution >= 0.6 is 11.8 Å². The third-order valence-corrected chi connectivity index (χ3v) is 4.61. The Hall–Kier alpha value is -2.68. The second-order valence-electron chi connectivity index (χ2n) is 5.42. The number of H-pyrrole nitrogens is 1. The molecule has 0 saturated heterocycles. The van der Waals surface area contributed by atoms with Crippen molar-refractivity contribution < 1.29 is 19.4 Å². The summed E-state index contributed by atoms with van der Waals surface area (Å²) in [5, 5.41) is 13.1. The maximum absolute atomic E-state index is 12.5. The van der Waals surface area contributed by atoms with Crippen molar-refractivity contribution in [2.75, 3.05) is 25.8 Å². The zero-order valence-corrected chi connectivity index (χ0v) is 14.7. The van der Waals surface area contributed by atoms with Gasteiger partial charge in [-0.1, -0.05) is 11.8 Å². The summed E-state index contributed by atoms with van der Waals surface area (Å²) in [6, 6.07) is 3.18. The van der Waals surface area contributed by atoms with Gasteiger partial charge < -0.3 is 24.9 Å². The molecular weight excluding hydrogens is 346 g/mol. The topological polar surface area (TPSA) is 114 Å². The van der Waals surface area contributed by atoms with Gasteiger partial charge in [0.05, 0.1) is 19.8 Å². The Bertz CT molecular complexity index is 871. The fourth-order valence-corrected chi connectivity index (χ4v) is 3.22. The van der Waals surface area contributed by atoms with Gasteiger partial charge in [0.25, 0.3) is 5.56 Å². The first-order chi connectivity index (χ1) is 12.0. The maximum atomic E-state index is 12.5. The molecule has 2 aromatic rings. The van der Waals surface area contributed by atoms with Gasteiger partial charge in [-0.3, -0.25) is 9.59 Å². The number of fused-ring (bicyclic) bond motifs is 1. The summed E-state index contributed by atoms with van der Waals surface area (Å²) in [7, 11) is 2.83. The third kappa shape index (κ3) is 3.02. The van der Waals surface area contributed by atoms with Gasteiger partial charge >= 0.3 is 0 Å². The van der Waals surface area contributed by atoms with E-state index in [1.165, 1.54) is 26.0 Å². The Morgan fingerprint density at radius 2 is 1.88 bits per heavy atom. The summed E-state index contributed by atoms with van der Waals surface area (Å²) in [6.45, 7) is 0. The van der Waals surface area contributed by atoms with Crippen molar-refractivity contribution in [1.29, 1.82) is 0 Å². The summed E-state index contributed by atoms with van der Waals surface area (Å²) < 4.78 is 10.3. The molecule has 0 spiro atoms. The molecule has 0 radical (unpaired) electrons. The predicted octanol–water partition coefficient (Wildman–Crippen LogP) is 1.69. The highest BCUT2D eigenvalue weighted by molar-refractivity contribution is 7.98. The number of benzene rings is 1. The second kappa shape index (κ2) is 6.67. The van der Waals surface area contributed by atoms with Crippen molar-refractivity contribution in [3.05, 3.63) is 33.6 Å². The second-order valence-corrected chi connectivity index (χ2v) is 6.21. The van der Waals surface area contributed by atoms with Crippen LogP contribution in [0.2, 0.25) is 0 Å². The van der Waals surface area contributed by atoms with Crippen LogP contribution in [0.3, 0.4) is 0 Å². The highest BCUT2D eigenvalue weighted by Gasteiger charge is 2.32.